The van der Waals surface area contributed by atoms with E-state index in [-0.39, 0.29) is 12.0 Å². The predicted octanol–water partition coefficient (Wildman–Crippen LogP) is 1.53. The highest BCUT2D eigenvalue weighted by molar-refractivity contribution is 5.81. The Hall–Kier alpha value is -0.370. The maximum Gasteiger partial charge on any atom is 0.138 e. The molecule has 2 rings (SSSR count). The molecule has 0 spiro atoms. The number of hydrogen-bond donors (Lipinski definition) is 0. The van der Waals surface area contributed by atoms with Gasteiger partial charge in [-0.1, -0.05) is 6.92 Å². The third-order valence-electron chi connectivity index (χ3n) is 2.87. The summed E-state index contributed by atoms with van der Waals surface area (Å²) in [7, 11) is 0. The van der Waals surface area contributed by atoms with Crippen LogP contribution in [0.4, 0.5) is 0 Å². The van der Waals surface area contributed by atoms with Crippen LogP contribution in [0.1, 0.15) is 32.6 Å². The fraction of sp³-hybridized carbons (Fsp3) is 0.889. The molecule has 2 bridgehead atoms. The summed E-state index contributed by atoms with van der Waals surface area (Å²) in [5, 5.41) is 0. The summed E-state index contributed by atoms with van der Waals surface area (Å²) in [6.45, 7) is 1.94. The standard InChI is InChI=1S/C9H14O2/c1-2-8(10)7-5-6-3-4-9(7)11-6/h6-7,9H,2-5H2,1H3/t6-,7+,9+/m0/s1. The number of rotatable bonds is 2. The normalized spacial score (nSPS) is 41.4. The van der Waals surface area contributed by atoms with Crippen LogP contribution in [0.5, 0.6) is 0 Å². The van der Waals surface area contributed by atoms with Crippen LogP contribution in [0.2, 0.25) is 0 Å². The molecule has 2 nitrogen and oxygen atoms in total. The summed E-state index contributed by atoms with van der Waals surface area (Å²) in [6.07, 6.45) is 4.67. The van der Waals surface area contributed by atoms with Gasteiger partial charge in [0.05, 0.1) is 12.2 Å². The summed E-state index contributed by atoms with van der Waals surface area (Å²) in [5.74, 6) is 0.649. The molecule has 0 radical (unpaired) electrons. The third kappa shape index (κ3) is 1.09. The molecule has 2 heterocycles. The summed E-state index contributed by atoms with van der Waals surface area (Å²) in [5.41, 5.74) is 0. The van der Waals surface area contributed by atoms with Crippen LogP contribution < -0.4 is 0 Å². The van der Waals surface area contributed by atoms with Crippen LogP contribution in [0.25, 0.3) is 0 Å². The second-order valence-corrected chi connectivity index (χ2v) is 3.54. The molecular formula is C9H14O2. The van der Waals surface area contributed by atoms with Crippen molar-refractivity contribution in [1.29, 1.82) is 0 Å². The number of carbonyl (C=O) groups excluding carboxylic acids is 1. The van der Waals surface area contributed by atoms with Gasteiger partial charge in [-0.2, -0.15) is 0 Å². The Morgan fingerprint density at radius 1 is 1.55 bits per heavy atom. The lowest BCUT2D eigenvalue weighted by Crippen LogP contribution is -2.24. The fourth-order valence-corrected chi connectivity index (χ4v) is 2.24. The average Bonchev–Trinajstić information content (AvgIpc) is 2.62. The second-order valence-electron chi connectivity index (χ2n) is 3.54. The molecular weight excluding hydrogens is 140 g/mol. The van der Waals surface area contributed by atoms with Crippen molar-refractivity contribution < 1.29 is 9.53 Å². The van der Waals surface area contributed by atoms with E-state index in [4.69, 9.17) is 4.74 Å². The maximum absolute atomic E-state index is 11.3. The number of hydrogen-bond acceptors (Lipinski definition) is 2. The molecule has 0 aliphatic carbocycles. The molecule has 2 fully saturated rings. The summed E-state index contributed by atoms with van der Waals surface area (Å²) in [6, 6.07) is 0. The molecule has 3 atom stereocenters. The van der Waals surface area contributed by atoms with Crippen molar-refractivity contribution in [3.8, 4) is 0 Å². The van der Waals surface area contributed by atoms with Crippen LogP contribution in [-0.2, 0) is 9.53 Å². The monoisotopic (exact) mass is 154 g/mol. The van der Waals surface area contributed by atoms with Gasteiger partial charge in [0.15, 0.2) is 0 Å². The van der Waals surface area contributed by atoms with Crippen LogP contribution in [0.15, 0.2) is 0 Å². The van der Waals surface area contributed by atoms with E-state index in [0.29, 0.717) is 18.3 Å². The van der Waals surface area contributed by atoms with Gasteiger partial charge in [-0.3, -0.25) is 4.79 Å². The molecule has 11 heavy (non-hydrogen) atoms. The molecule has 0 unspecified atom stereocenters. The number of ketones is 1. The van der Waals surface area contributed by atoms with Gasteiger partial charge in [-0.25, -0.2) is 0 Å². The van der Waals surface area contributed by atoms with Gasteiger partial charge in [0.2, 0.25) is 0 Å². The topological polar surface area (TPSA) is 26.3 Å². The summed E-state index contributed by atoms with van der Waals surface area (Å²) >= 11 is 0. The molecule has 62 valence electrons. The van der Waals surface area contributed by atoms with E-state index in [1.54, 1.807) is 0 Å². The first-order valence-electron chi connectivity index (χ1n) is 4.49. The number of carbonyl (C=O) groups is 1. The first-order chi connectivity index (χ1) is 5.31. The van der Waals surface area contributed by atoms with Crippen molar-refractivity contribution in [3.63, 3.8) is 0 Å². The van der Waals surface area contributed by atoms with E-state index in [0.717, 1.165) is 12.8 Å². The van der Waals surface area contributed by atoms with Crippen LogP contribution in [0, 0.1) is 5.92 Å². The van der Waals surface area contributed by atoms with Gasteiger partial charge >= 0.3 is 0 Å². The minimum Gasteiger partial charge on any atom is -0.374 e. The van der Waals surface area contributed by atoms with Crippen molar-refractivity contribution in [2.75, 3.05) is 0 Å². The molecule has 0 amide bonds. The molecule has 0 N–H and O–H groups in total. The fourth-order valence-electron chi connectivity index (χ4n) is 2.24. The van der Waals surface area contributed by atoms with Gasteiger partial charge < -0.3 is 4.74 Å². The average molecular weight is 154 g/mol. The molecule has 0 aromatic rings. The van der Waals surface area contributed by atoms with Gasteiger partial charge in [0.1, 0.15) is 5.78 Å². The van der Waals surface area contributed by atoms with E-state index in [1.165, 1.54) is 6.42 Å². The Bertz CT molecular complexity index is 176. The Morgan fingerprint density at radius 2 is 2.36 bits per heavy atom. The first kappa shape index (κ1) is 7.29. The zero-order valence-corrected chi connectivity index (χ0v) is 6.88. The first-order valence-corrected chi connectivity index (χ1v) is 4.49. The zero-order chi connectivity index (χ0) is 7.84. The van der Waals surface area contributed by atoms with Gasteiger partial charge in [-0.15, -0.1) is 0 Å². The molecule has 0 aromatic carbocycles. The third-order valence-corrected chi connectivity index (χ3v) is 2.87. The molecule has 0 aromatic heterocycles. The maximum atomic E-state index is 11.3. The number of fused-ring (bicyclic) bond motifs is 2. The van der Waals surface area contributed by atoms with E-state index in [9.17, 15) is 4.79 Å². The molecule has 2 saturated heterocycles. The lowest BCUT2D eigenvalue weighted by Gasteiger charge is -2.15. The summed E-state index contributed by atoms with van der Waals surface area (Å²) < 4.78 is 5.59. The van der Waals surface area contributed by atoms with Crippen molar-refractivity contribution in [1.82, 2.24) is 0 Å². The molecule has 2 heteroatoms. The second kappa shape index (κ2) is 2.59. The minimum atomic E-state index is 0.249. The van der Waals surface area contributed by atoms with E-state index >= 15 is 0 Å². The summed E-state index contributed by atoms with van der Waals surface area (Å²) in [4.78, 5) is 11.3. The van der Waals surface area contributed by atoms with Crippen LogP contribution in [-0.4, -0.2) is 18.0 Å². The predicted molar refractivity (Wildman–Crippen MR) is 41.3 cm³/mol. The number of Topliss-reactive ketones (excluding diaryl/α,β-unsaturated/α-hetero) is 1. The quantitative estimate of drug-likeness (QED) is 0.603. The Kier molecular flexibility index (Phi) is 1.72. The number of ether oxygens (including phenoxy) is 1. The van der Waals surface area contributed by atoms with Gasteiger partial charge in [-0.05, 0) is 19.3 Å². The van der Waals surface area contributed by atoms with Crippen molar-refractivity contribution in [2.24, 2.45) is 5.92 Å². The van der Waals surface area contributed by atoms with Crippen molar-refractivity contribution in [2.45, 2.75) is 44.8 Å². The van der Waals surface area contributed by atoms with Gasteiger partial charge in [0, 0.05) is 12.3 Å². The largest absolute Gasteiger partial charge is 0.374 e. The van der Waals surface area contributed by atoms with E-state index in [2.05, 4.69) is 0 Å². The Labute approximate surface area is 66.9 Å². The van der Waals surface area contributed by atoms with Crippen LogP contribution in [0.3, 0.4) is 0 Å². The minimum absolute atomic E-state index is 0.249. The highest BCUT2D eigenvalue weighted by Crippen LogP contribution is 2.39. The molecule has 2 aliphatic rings. The van der Waals surface area contributed by atoms with E-state index in [1.807, 2.05) is 6.92 Å². The SMILES string of the molecule is CCC(=O)[C@H]1C[C@@H]2CC[C@H]1O2. The van der Waals surface area contributed by atoms with Crippen molar-refractivity contribution in [3.05, 3.63) is 0 Å². The van der Waals surface area contributed by atoms with Crippen molar-refractivity contribution >= 4 is 5.78 Å². The zero-order valence-electron chi connectivity index (χ0n) is 6.88. The highest BCUT2D eigenvalue weighted by atomic mass is 16.5. The van der Waals surface area contributed by atoms with Crippen LogP contribution >= 0.6 is 0 Å². The molecule has 2 aliphatic heterocycles. The highest BCUT2D eigenvalue weighted by Gasteiger charge is 2.43. The smallest absolute Gasteiger partial charge is 0.138 e. The van der Waals surface area contributed by atoms with Gasteiger partial charge in [0.25, 0.3) is 0 Å². The molecule has 0 saturated carbocycles. The Balaban J connectivity index is 2.02. The lowest BCUT2D eigenvalue weighted by atomic mass is 9.85. The lowest BCUT2D eigenvalue weighted by molar-refractivity contribution is -0.124. The van der Waals surface area contributed by atoms with E-state index < -0.39 is 0 Å². The Morgan fingerprint density at radius 3 is 2.82 bits per heavy atom.